The highest BCUT2D eigenvalue weighted by Crippen LogP contribution is 2.38. The lowest BCUT2D eigenvalue weighted by Crippen LogP contribution is -2.47. The van der Waals surface area contributed by atoms with Crippen LogP contribution in [0.5, 0.6) is 0 Å². The summed E-state index contributed by atoms with van der Waals surface area (Å²) in [6.07, 6.45) is 4.29. The normalized spacial score (nSPS) is 27.4. The number of allylic oxidation sites excluding steroid dienone is 1. The second-order valence-corrected chi connectivity index (χ2v) is 9.88. The molecule has 1 aliphatic carbocycles. The average Bonchev–Trinajstić information content (AvgIpc) is 3.21. The third-order valence-corrected chi connectivity index (χ3v) is 7.75. The topological polar surface area (TPSA) is 58.1 Å². The minimum Gasteiger partial charge on any atom is -0.469 e. The Bertz CT molecular complexity index is 922. The van der Waals surface area contributed by atoms with E-state index >= 15 is 0 Å². The van der Waals surface area contributed by atoms with Crippen LogP contribution in [-0.2, 0) is 9.47 Å². The van der Waals surface area contributed by atoms with Gasteiger partial charge in [0, 0.05) is 57.6 Å². The van der Waals surface area contributed by atoms with Crippen LogP contribution in [0.4, 0.5) is 5.82 Å². The van der Waals surface area contributed by atoms with E-state index in [0.29, 0.717) is 5.92 Å². The van der Waals surface area contributed by atoms with Gasteiger partial charge >= 0.3 is 0 Å². The number of rotatable bonds is 6. The first kappa shape index (κ1) is 21.2. The van der Waals surface area contributed by atoms with Crippen molar-refractivity contribution in [2.75, 3.05) is 44.2 Å². The maximum absolute atomic E-state index is 9.88. The summed E-state index contributed by atoms with van der Waals surface area (Å²) >= 11 is 1.60. The zero-order chi connectivity index (χ0) is 21.2. The molecule has 0 radical (unpaired) electrons. The summed E-state index contributed by atoms with van der Waals surface area (Å²) in [5.74, 6) is 2.58. The van der Waals surface area contributed by atoms with Crippen LogP contribution in [0.15, 0.2) is 35.6 Å². The van der Waals surface area contributed by atoms with E-state index in [1.165, 1.54) is 15.7 Å². The third-order valence-electron chi connectivity index (χ3n) is 6.94. The van der Waals surface area contributed by atoms with Crippen LogP contribution in [0, 0.1) is 5.92 Å². The zero-order valence-electron chi connectivity index (χ0n) is 18.3. The van der Waals surface area contributed by atoms with Gasteiger partial charge in [0.05, 0.1) is 10.8 Å². The molecule has 3 atom stereocenters. The fourth-order valence-corrected chi connectivity index (χ4v) is 5.96. The molecule has 2 aliphatic heterocycles. The highest BCUT2D eigenvalue weighted by Gasteiger charge is 2.32. The molecule has 168 valence electrons. The Kier molecular flexibility index (Phi) is 6.46. The first-order valence-electron chi connectivity index (χ1n) is 11.7. The SMILES string of the molecule is C[C@@H]1C[C@H](O)OC2=C1CC[C@@H](OCCCN1CCN(c3nsc4ccccc34)CC1)C2. The number of hydrogen-bond acceptors (Lipinski definition) is 7. The number of aliphatic hydroxyl groups is 1. The number of piperazine rings is 1. The monoisotopic (exact) mass is 443 g/mol. The summed E-state index contributed by atoms with van der Waals surface area (Å²) in [4.78, 5) is 4.97. The third kappa shape index (κ3) is 4.75. The number of benzene rings is 1. The quantitative estimate of drug-likeness (QED) is 0.681. The highest BCUT2D eigenvalue weighted by molar-refractivity contribution is 7.13. The van der Waals surface area contributed by atoms with Crippen molar-refractivity contribution in [2.45, 2.75) is 51.4 Å². The standard InChI is InChI=1S/C24H33N3O3S/c1-17-15-23(28)30-21-16-18(7-8-19(17)21)29-14-4-9-26-10-12-27(13-11-26)24-20-5-2-3-6-22(20)31-25-24/h2-3,5-6,17-18,23,28H,4,7-16H2,1H3/t17-,18-,23-/m1/s1. The summed E-state index contributed by atoms with van der Waals surface area (Å²) in [6, 6.07) is 8.52. The lowest BCUT2D eigenvalue weighted by atomic mass is 9.84. The number of aliphatic hydroxyl groups excluding tert-OH is 1. The summed E-state index contributed by atoms with van der Waals surface area (Å²) in [5, 5.41) is 11.2. The number of anilines is 1. The molecule has 0 saturated carbocycles. The number of hydrogen-bond donors (Lipinski definition) is 1. The number of aromatic nitrogens is 1. The van der Waals surface area contributed by atoms with E-state index in [0.717, 1.165) is 83.0 Å². The van der Waals surface area contributed by atoms with Gasteiger partial charge in [-0.2, -0.15) is 4.37 Å². The Hall–Kier alpha value is -1.67. The van der Waals surface area contributed by atoms with Gasteiger partial charge in [-0.1, -0.05) is 19.1 Å². The smallest absolute Gasteiger partial charge is 0.197 e. The van der Waals surface area contributed by atoms with E-state index in [9.17, 15) is 5.11 Å². The van der Waals surface area contributed by atoms with Crippen molar-refractivity contribution in [3.05, 3.63) is 35.6 Å². The van der Waals surface area contributed by atoms with Gasteiger partial charge in [-0.15, -0.1) is 0 Å². The Labute approximate surface area is 188 Å². The Morgan fingerprint density at radius 1 is 1.23 bits per heavy atom. The molecule has 0 amide bonds. The van der Waals surface area contributed by atoms with Crippen molar-refractivity contribution in [3.8, 4) is 0 Å². The summed E-state index contributed by atoms with van der Waals surface area (Å²) in [7, 11) is 0. The van der Waals surface area contributed by atoms with Gasteiger partial charge in [0.15, 0.2) is 6.29 Å². The van der Waals surface area contributed by atoms with Crippen molar-refractivity contribution >= 4 is 27.4 Å². The number of nitrogens with zero attached hydrogens (tertiary/aromatic N) is 3. The first-order chi connectivity index (χ1) is 15.2. The molecule has 31 heavy (non-hydrogen) atoms. The second-order valence-electron chi connectivity index (χ2n) is 9.08. The van der Waals surface area contributed by atoms with Gasteiger partial charge in [0.25, 0.3) is 0 Å². The van der Waals surface area contributed by atoms with Crippen LogP contribution in [-0.4, -0.2) is 66.1 Å². The van der Waals surface area contributed by atoms with Gasteiger partial charge < -0.3 is 19.5 Å². The zero-order valence-corrected chi connectivity index (χ0v) is 19.1. The summed E-state index contributed by atoms with van der Waals surface area (Å²) in [6.45, 7) is 8.29. The van der Waals surface area contributed by atoms with Crippen molar-refractivity contribution < 1.29 is 14.6 Å². The molecule has 0 unspecified atom stereocenters. The van der Waals surface area contributed by atoms with E-state index < -0.39 is 6.29 Å². The van der Waals surface area contributed by atoms with Crippen LogP contribution in [0.1, 0.15) is 39.0 Å². The van der Waals surface area contributed by atoms with Crippen LogP contribution in [0.25, 0.3) is 10.1 Å². The molecule has 7 heteroatoms. The Morgan fingerprint density at radius 3 is 2.94 bits per heavy atom. The maximum atomic E-state index is 9.88. The van der Waals surface area contributed by atoms with E-state index in [1.807, 2.05) is 0 Å². The van der Waals surface area contributed by atoms with Gasteiger partial charge in [0.1, 0.15) is 11.6 Å². The molecular weight excluding hydrogens is 410 g/mol. The van der Waals surface area contributed by atoms with E-state index in [2.05, 4.69) is 41.0 Å². The van der Waals surface area contributed by atoms with Gasteiger partial charge in [-0.3, -0.25) is 4.90 Å². The summed E-state index contributed by atoms with van der Waals surface area (Å²) < 4.78 is 17.9. The van der Waals surface area contributed by atoms with Crippen LogP contribution in [0.2, 0.25) is 0 Å². The molecule has 3 heterocycles. The molecule has 2 aromatic rings. The van der Waals surface area contributed by atoms with Crippen molar-refractivity contribution in [2.24, 2.45) is 5.92 Å². The first-order valence-corrected chi connectivity index (χ1v) is 12.4. The molecule has 0 bridgehead atoms. The average molecular weight is 444 g/mol. The highest BCUT2D eigenvalue weighted by atomic mass is 32.1. The Balaban J connectivity index is 1.03. The van der Waals surface area contributed by atoms with Crippen molar-refractivity contribution in [1.82, 2.24) is 9.27 Å². The van der Waals surface area contributed by atoms with Crippen LogP contribution in [0.3, 0.4) is 0 Å². The molecular formula is C24H33N3O3S. The molecule has 1 aromatic heterocycles. The molecule has 1 N–H and O–H groups in total. The maximum Gasteiger partial charge on any atom is 0.197 e. The van der Waals surface area contributed by atoms with Gasteiger partial charge in [0.2, 0.25) is 0 Å². The van der Waals surface area contributed by atoms with Crippen molar-refractivity contribution in [3.63, 3.8) is 0 Å². The van der Waals surface area contributed by atoms with Gasteiger partial charge in [-0.25, -0.2) is 0 Å². The van der Waals surface area contributed by atoms with Crippen molar-refractivity contribution in [1.29, 1.82) is 0 Å². The van der Waals surface area contributed by atoms with Crippen LogP contribution >= 0.6 is 11.5 Å². The summed E-state index contributed by atoms with van der Waals surface area (Å²) in [5.41, 5.74) is 1.40. The fraction of sp³-hybridized carbons (Fsp3) is 0.625. The number of ether oxygens (including phenoxy) is 2. The van der Waals surface area contributed by atoms with Gasteiger partial charge in [-0.05, 0) is 54.4 Å². The number of fused-ring (bicyclic) bond motifs is 1. The molecule has 1 fully saturated rings. The van der Waals surface area contributed by atoms with E-state index in [4.69, 9.17) is 13.8 Å². The second kappa shape index (κ2) is 9.45. The minimum atomic E-state index is -0.645. The molecule has 1 saturated heterocycles. The van der Waals surface area contributed by atoms with E-state index in [1.54, 1.807) is 11.5 Å². The molecule has 6 nitrogen and oxygen atoms in total. The predicted molar refractivity (Wildman–Crippen MR) is 124 cm³/mol. The van der Waals surface area contributed by atoms with E-state index in [-0.39, 0.29) is 6.10 Å². The predicted octanol–water partition coefficient (Wildman–Crippen LogP) is 4.01. The lowest BCUT2D eigenvalue weighted by molar-refractivity contribution is -0.102. The molecule has 3 aliphatic rings. The lowest BCUT2D eigenvalue weighted by Gasteiger charge is -2.36. The molecule has 0 spiro atoms. The Morgan fingerprint density at radius 2 is 2.06 bits per heavy atom. The molecule has 1 aromatic carbocycles. The fourth-order valence-electron chi connectivity index (χ4n) is 5.16. The molecule has 5 rings (SSSR count). The van der Waals surface area contributed by atoms with Crippen LogP contribution < -0.4 is 4.90 Å². The minimum absolute atomic E-state index is 0.228. The largest absolute Gasteiger partial charge is 0.469 e.